The number of methoxy groups -OCH3 is 2. The fraction of sp³-hybridized carbons (Fsp3) is 0.477. The predicted molar refractivity (Wildman–Crippen MR) is 217 cm³/mol. The Morgan fingerprint density at radius 3 is 2.13 bits per heavy atom. The van der Waals surface area contributed by atoms with E-state index >= 15 is 0 Å². The maximum Gasteiger partial charge on any atom is 0.261 e. The molecule has 0 aliphatic carbocycles. The number of carbonyl (C=O) groups excluding carboxylic acids is 1. The highest BCUT2D eigenvalue weighted by Gasteiger charge is 2.50. The minimum absolute atomic E-state index is 0.0416. The van der Waals surface area contributed by atoms with Crippen LogP contribution in [-0.4, -0.2) is 84.1 Å². The van der Waals surface area contributed by atoms with E-state index in [0.717, 1.165) is 12.8 Å². The van der Waals surface area contributed by atoms with E-state index in [1.165, 1.54) is 36.7 Å². The van der Waals surface area contributed by atoms with Gasteiger partial charge in [0.2, 0.25) is 0 Å². The second-order valence-electron chi connectivity index (χ2n) is 15.6. The Morgan fingerprint density at radius 1 is 0.982 bits per heavy atom. The maximum atomic E-state index is 14.2. The summed E-state index contributed by atoms with van der Waals surface area (Å²) in [5, 5.41) is 11.4. The van der Waals surface area contributed by atoms with E-state index in [1.54, 1.807) is 31.2 Å². The summed E-state index contributed by atoms with van der Waals surface area (Å²) in [5.41, 5.74) is 0. The van der Waals surface area contributed by atoms with Crippen LogP contribution in [0.15, 0.2) is 120 Å². The molecule has 5 rings (SSSR count). The zero-order chi connectivity index (χ0) is 39.7. The van der Waals surface area contributed by atoms with E-state index in [1.807, 2.05) is 24.3 Å². The van der Waals surface area contributed by atoms with Crippen molar-refractivity contribution in [3.63, 3.8) is 0 Å². The quantitative estimate of drug-likeness (QED) is 0.0872. The zero-order valence-electron chi connectivity index (χ0n) is 33.0. The number of ether oxygens (including phenoxy) is 4. The van der Waals surface area contributed by atoms with Crippen LogP contribution in [0.5, 0.6) is 0 Å². The third kappa shape index (κ3) is 10.0. The number of benzene rings is 3. The van der Waals surface area contributed by atoms with E-state index in [4.69, 9.17) is 23.4 Å². The average Bonchev–Trinajstić information content (AvgIpc) is 3.55. The molecule has 0 radical (unpaired) electrons. The van der Waals surface area contributed by atoms with Crippen molar-refractivity contribution >= 4 is 34.3 Å². The van der Waals surface area contributed by atoms with Gasteiger partial charge in [-0.25, -0.2) is 8.42 Å². The van der Waals surface area contributed by atoms with Crippen LogP contribution in [0, 0.1) is 5.92 Å². The molecule has 2 heterocycles. The Morgan fingerprint density at radius 2 is 1.58 bits per heavy atom. The highest BCUT2D eigenvalue weighted by Crippen LogP contribution is 2.38. The number of aliphatic hydroxyl groups is 1. The molecule has 7 atom stereocenters. The van der Waals surface area contributed by atoms with Gasteiger partial charge in [0.15, 0.2) is 27.7 Å². The van der Waals surface area contributed by atoms with Crippen LogP contribution in [0.2, 0.25) is 5.04 Å². The number of hydrogen-bond donors (Lipinski definition) is 1. The van der Waals surface area contributed by atoms with Gasteiger partial charge < -0.3 is 28.5 Å². The average molecular weight is 791 g/mol. The van der Waals surface area contributed by atoms with Crippen molar-refractivity contribution in [2.24, 2.45) is 5.92 Å². The van der Waals surface area contributed by atoms with Gasteiger partial charge in [0, 0.05) is 39.6 Å². The Hall–Kier alpha value is -3.26. The minimum Gasteiger partial charge on any atom is -0.407 e. The molecule has 3 aromatic carbocycles. The van der Waals surface area contributed by atoms with Crippen molar-refractivity contribution in [3.8, 4) is 0 Å². The largest absolute Gasteiger partial charge is 0.407 e. The molecule has 0 amide bonds. The molecule has 0 spiro atoms. The predicted octanol–water partition coefficient (Wildman–Crippen LogP) is 6.54. The lowest BCUT2D eigenvalue weighted by Crippen LogP contribution is -2.66. The monoisotopic (exact) mass is 790 g/mol. The van der Waals surface area contributed by atoms with Crippen LogP contribution in [-0.2, 0) is 38.0 Å². The SMILES string of the molecule is CO[C@H]1C[C@H](O)[C@H](C[C@H](C)C(=O)[C@H](C[C@@]2(OC)C=CC[C@@H](/C=C/CCCO[Si](c3ccccc3)(c3ccccc3)C(C)(C)C)O2)S(=O)(=O)c2ccccc2)O1. The fourth-order valence-corrected chi connectivity index (χ4v) is 14.3. The van der Waals surface area contributed by atoms with E-state index in [2.05, 4.69) is 75.4 Å². The third-order valence-corrected chi connectivity index (χ3v) is 17.9. The van der Waals surface area contributed by atoms with Gasteiger partial charge in [-0.15, -0.1) is 0 Å². The van der Waals surface area contributed by atoms with Gasteiger partial charge in [-0.1, -0.05) is 125 Å². The molecule has 1 fully saturated rings. The molecule has 2 aliphatic heterocycles. The van der Waals surface area contributed by atoms with Crippen LogP contribution in [0.1, 0.15) is 66.2 Å². The Kier molecular flexibility index (Phi) is 14.6. The van der Waals surface area contributed by atoms with Crippen molar-refractivity contribution in [1.82, 2.24) is 0 Å². The summed E-state index contributed by atoms with van der Waals surface area (Å²) in [4.78, 5) is 14.2. The summed E-state index contributed by atoms with van der Waals surface area (Å²) >= 11 is 0. The molecule has 0 bridgehead atoms. The summed E-state index contributed by atoms with van der Waals surface area (Å²) in [5.74, 6) is -2.71. The number of aliphatic hydroxyl groups excluding tert-OH is 1. The van der Waals surface area contributed by atoms with Crippen molar-refractivity contribution in [1.29, 1.82) is 0 Å². The van der Waals surface area contributed by atoms with Gasteiger partial charge in [-0.2, -0.15) is 0 Å². The van der Waals surface area contributed by atoms with Gasteiger partial charge in [0.05, 0.1) is 23.2 Å². The highest BCUT2D eigenvalue weighted by atomic mass is 32.2. The molecular formula is C44H58O9SSi. The smallest absolute Gasteiger partial charge is 0.261 e. The molecule has 1 saturated heterocycles. The standard InChI is InChI=1S/C44H58O9SSi/c1-33(30-39-38(45)31-41(49-5)52-39)42(46)40(54(47,48)35-22-12-7-13-23-35)32-44(50-6)28-19-21-34(53-44)20-11-10-18-29-51-55(43(2,3)4,36-24-14-8-15-25-36)37-26-16-9-17-27-37/h7-9,11-17,19-20,22-28,33-34,38-41,45H,10,18,21,29-32H2,1-6H3/b20-11+/t33-,34+,38-,39-,40-,41+,44+/m0/s1. The number of rotatable bonds is 18. The number of allylic oxidation sites excluding steroid dienone is 1. The van der Waals surface area contributed by atoms with Crippen molar-refractivity contribution in [2.45, 2.75) is 112 Å². The van der Waals surface area contributed by atoms with Crippen LogP contribution >= 0.6 is 0 Å². The maximum absolute atomic E-state index is 14.2. The topological polar surface area (TPSA) is 118 Å². The van der Waals surface area contributed by atoms with E-state index in [0.29, 0.717) is 13.0 Å². The molecule has 0 aromatic heterocycles. The summed E-state index contributed by atoms with van der Waals surface area (Å²) in [6.07, 6.45) is 7.52. The second kappa shape index (κ2) is 18.8. The fourth-order valence-electron chi connectivity index (χ4n) is 7.83. The summed E-state index contributed by atoms with van der Waals surface area (Å²) in [6.45, 7) is 9.06. The molecule has 2 aliphatic rings. The first-order chi connectivity index (χ1) is 26.3. The molecule has 3 aromatic rings. The van der Waals surface area contributed by atoms with E-state index in [-0.39, 0.29) is 29.2 Å². The molecule has 1 N–H and O–H groups in total. The van der Waals surface area contributed by atoms with Crippen LogP contribution in [0.4, 0.5) is 0 Å². The number of ketones is 1. The van der Waals surface area contributed by atoms with Gasteiger partial charge in [0.25, 0.3) is 8.32 Å². The molecule has 0 unspecified atom stereocenters. The first-order valence-electron chi connectivity index (χ1n) is 19.3. The summed E-state index contributed by atoms with van der Waals surface area (Å²) in [6, 6.07) is 29.2. The Labute approximate surface area is 328 Å². The molecular weight excluding hydrogens is 733 g/mol. The highest BCUT2D eigenvalue weighted by molar-refractivity contribution is 7.92. The lowest BCUT2D eigenvalue weighted by atomic mass is 9.91. The molecule has 0 saturated carbocycles. The van der Waals surface area contributed by atoms with Crippen LogP contribution in [0.25, 0.3) is 0 Å². The van der Waals surface area contributed by atoms with E-state index < -0.39 is 65.5 Å². The Bertz CT molecular complexity index is 1790. The van der Waals surface area contributed by atoms with Crippen LogP contribution in [0.3, 0.4) is 0 Å². The van der Waals surface area contributed by atoms with E-state index in [9.17, 15) is 18.3 Å². The molecule has 9 nitrogen and oxygen atoms in total. The van der Waals surface area contributed by atoms with Gasteiger partial charge in [0.1, 0.15) is 5.25 Å². The number of hydrogen-bond acceptors (Lipinski definition) is 9. The Balaban J connectivity index is 1.28. The first kappa shape index (κ1) is 42.9. The summed E-state index contributed by atoms with van der Waals surface area (Å²) < 4.78 is 58.9. The van der Waals surface area contributed by atoms with Crippen molar-refractivity contribution in [2.75, 3.05) is 20.8 Å². The third-order valence-electron chi connectivity index (χ3n) is 10.8. The number of sulfone groups is 1. The second-order valence-corrected chi connectivity index (χ2v) is 22.1. The number of carbonyl (C=O) groups is 1. The lowest BCUT2D eigenvalue weighted by molar-refractivity contribution is -0.213. The molecule has 11 heteroatoms. The number of Topliss-reactive ketones (excluding diaryl/α,β-unsaturated/α-hetero) is 1. The molecule has 55 heavy (non-hydrogen) atoms. The summed E-state index contributed by atoms with van der Waals surface area (Å²) in [7, 11) is -3.84. The molecule has 298 valence electrons. The first-order valence-corrected chi connectivity index (χ1v) is 22.7. The van der Waals surface area contributed by atoms with Gasteiger partial charge in [-0.3, -0.25) is 4.79 Å². The zero-order valence-corrected chi connectivity index (χ0v) is 34.8. The normalized spacial score (nSPS) is 24.6. The van der Waals surface area contributed by atoms with Crippen molar-refractivity contribution in [3.05, 3.63) is 115 Å². The lowest BCUT2D eigenvalue weighted by Gasteiger charge is -2.43. The van der Waals surface area contributed by atoms with Crippen molar-refractivity contribution < 1.29 is 41.7 Å². The van der Waals surface area contributed by atoms with Crippen LogP contribution < -0.4 is 10.4 Å². The number of unbranched alkanes of at least 4 members (excludes halogenated alkanes) is 1. The van der Waals surface area contributed by atoms with Gasteiger partial charge >= 0.3 is 0 Å². The minimum atomic E-state index is -4.16. The van der Waals surface area contributed by atoms with Gasteiger partial charge in [-0.05, 0) is 59.3 Å².